The Kier molecular flexibility index (Phi) is 4.62. The second-order valence-corrected chi connectivity index (χ2v) is 4.95. The number of rotatable bonds is 4. The number of hydrogen-bond acceptors (Lipinski definition) is 3. The van der Waals surface area contributed by atoms with Gasteiger partial charge in [-0.05, 0) is 39.1 Å². The van der Waals surface area contributed by atoms with Gasteiger partial charge in [0.05, 0.1) is 17.2 Å². The zero-order valence-electron chi connectivity index (χ0n) is 11.6. The summed E-state index contributed by atoms with van der Waals surface area (Å²) in [6.07, 6.45) is 0. The minimum atomic E-state index is -0.710. The molecule has 5 heteroatoms. The largest absolute Gasteiger partial charge is 0.340 e. The molecule has 0 saturated carbocycles. The summed E-state index contributed by atoms with van der Waals surface area (Å²) in [6, 6.07) is 6.08. The summed E-state index contributed by atoms with van der Waals surface area (Å²) in [4.78, 5) is 13.6. The van der Waals surface area contributed by atoms with Crippen LogP contribution in [-0.4, -0.2) is 30.4 Å². The van der Waals surface area contributed by atoms with E-state index >= 15 is 0 Å². The molecule has 0 radical (unpaired) electrons. The number of carbonyl (C=O) groups excluding carboxylic acids is 1. The highest BCUT2D eigenvalue weighted by Gasteiger charge is 2.28. The summed E-state index contributed by atoms with van der Waals surface area (Å²) in [5.41, 5.74) is 0.00450. The van der Waals surface area contributed by atoms with Crippen LogP contribution in [0.25, 0.3) is 0 Å². The Morgan fingerprint density at radius 1 is 1.53 bits per heavy atom. The van der Waals surface area contributed by atoms with Gasteiger partial charge in [-0.25, -0.2) is 4.39 Å². The van der Waals surface area contributed by atoms with E-state index in [0.29, 0.717) is 11.1 Å². The molecule has 0 spiro atoms. The van der Waals surface area contributed by atoms with Gasteiger partial charge in [0, 0.05) is 19.2 Å². The normalized spacial score (nSPS) is 10.9. The van der Waals surface area contributed by atoms with Gasteiger partial charge < -0.3 is 10.2 Å². The molecule has 0 aliphatic heterocycles. The molecule has 1 aromatic carbocycles. The number of carbonyl (C=O) groups is 1. The van der Waals surface area contributed by atoms with E-state index < -0.39 is 11.4 Å². The maximum Gasteiger partial charge on any atom is 0.242 e. The molecule has 0 unspecified atom stereocenters. The monoisotopic (exact) mass is 263 g/mol. The Hall–Kier alpha value is -1.93. The standard InChI is InChI=1S/C14H18FN3O/c1-14(2,17-3)13(19)18(4)9-11-7-10(8-16)5-6-12(11)15/h5-7,17H,9H2,1-4H3. The van der Waals surface area contributed by atoms with Crippen molar-refractivity contribution in [3.8, 4) is 6.07 Å². The third-order valence-electron chi connectivity index (χ3n) is 3.09. The van der Waals surface area contributed by atoms with Crippen LogP contribution < -0.4 is 5.32 Å². The quantitative estimate of drug-likeness (QED) is 0.898. The van der Waals surface area contributed by atoms with E-state index in [0.717, 1.165) is 0 Å². The van der Waals surface area contributed by atoms with Gasteiger partial charge in [-0.3, -0.25) is 4.79 Å². The van der Waals surface area contributed by atoms with Crippen LogP contribution >= 0.6 is 0 Å². The Morgan fingerprint density at radius 3 is 2.68 bits per heavy atom. The Labute approximate surface area is 112 Å². The van der Waals surface area contributed by atoms with Gasteiger partial charge in [0.1, 0.15) is 5.82 Å². The first-order valence-corrected chi connectivity index (χ1v) is 5.95. The topological polar surface area (TPSA) is 56.1 Å². The maximum atomic E-state index is 13.6. The zero-order chi connectivity index (χ0) is 14.6. The summed E-state index contributed by atoms with van der Waals surface area (Å²) >= 11 is 0. The van der Waals surface area contributed by atoms with Gasteiger partial charge in [0.2, 0.25) is 5.91 Å². The first kappa shape index (κ1) is 15.1. The van der Waals surface area contributed by atoms with E-state index in [1.807, 2.05) is 6.07 Å². The van der Waals surface area contributed by atoms with Crippen LogP contribution in [0.2, 0.25) is 0 Å². The van der Waals surface area contributed by atoms with Crippen LogP contribution in [0.3, 0.4) is 0 Å². The summed E-state index contributed by atoms with van der Waals surface area (Å²) < 4.78 is 13.6. The highest BCUT2D eigenvalue weighted by Crippen LogP contribution is 2.14. The Bertz CT molecular complexity index is 520. The van der Waals surface area contributed by atoms with E-state index in [1.54, 1.807) is 27.9 Å². The predicted molar refractivity (Wildman–Crippen MR) is 70.7 cm³/mol. The van der Waals surface area contributed by atoms with Crippen molar-refractivity contribution in [1.82, 2.24) is 10.2 Å². The number of nitrogens with one attached hydrogen (secondary N) is 1. The lowest BCUT2D eigenvalue weighted by atomic mass is 10.0. The molecule has 0 heterocycles. The van der Waals surface area contributed by atoms with Crippen LogP contribution in [0.5, 0.6) is 0 Å². The van der Waals surface area contributed by atoms with Crippen molar-refractivity contribution in [2.45, 2.75) is 25.9 Å². The van der Waals surface area contributed by atoms with Gasteiger partial charge in [0.25, 0.3) is 0 Å². The van der Waals surface area contributed by atoms with Crippen molar-refractivity contribution in [2.24, 2.45) is 0 Å². The minimum Gasteiger partial charge on any atom is -0.340 e. The number of nitriles is 1. The summed E-state index contributed by atoms with van der Waals surface area (Å²) in [6.45, 7) is 3.65. The fourth-order valence-electron chi connectivity index (χ4n) is 1.68. The maximum absolute atomic E-state index is 13.6. The molecule has 1 amide bonds. The van der Waals surface area contributed by atoms with Crippen molar-refractivity contribution in [1.29, 1.82) is 5.26 Å². The zero-order valence-corrected chi connectivity index (χ0v) is 11.6. The summed E-state index contributed by atoms with van der Waals surface area (Å²) in [5.74, 6) is -0.558. The van der Waals surface area contributed by atoms with Gasteiger partial charge in [-0.1, -0.05) is 0 Å². The molecular formula is C14H18FN3O. The fraction of sp³-hybridized carbons (Fsp3) is 0.429. The highest BCUT2D eigenvalue weighted by molar-refractivity contribution is 5.85. The first-order valence-electron chi connectivity index (χ1n) is 5.95. The molecule has 0 aromatic heterocycles. The molecule has 0 atom stereocenters. The van der Waals surface area contributed by atoms with Crippen LogP contribution in [0.4, 0.5) is 4.39 Å². The van der Waals surface area contributed by atoms with Crippen LogP contribution in [0.1, 0.15) is 25.0 Å². The van der Waals surface area contributed by atoms with Gasteiger partial charge in [0.15, 0.2) is 0 Å². The molecule has 0 bridgehead atoms. The lowest BCUT2D eigenvalue weighted by molar-refractivity contribution is -0.136. The van der Waals surface area contributed by atoms with E-state index in [1.165, 1.54) is 23.1 Å². The van der Waals surface area contributed by atoms with Crippen LogP contribution in [0.15, 0.2) is 18.2 Å². The number of likely N-dealkylation sites (N-methyl/N-ethyl adjacent to an activating group) is 2. The van der Waals surface area contributed by atoms with Gasteiger partial charge >= 0.3 is 0 Å². The first-order chi connectivity index (χ1) is 8.81. The molecule has 102 valence electrons. The van der Waals surface area contributed by atoms with Crippen LogP contribution in [0, 0.1) is 17.1 Å². The molecule has 0 aliphatic rings. The molecule has 0 fully saturated rings. The predicted octanol–water partition coefficient (Wildman–Crippen LogP) is 1.65. The molecule has 1 aromatic rings. The Morgan fingerprint density at radius 2 is 2.16 bits per heavy atom. The van der Waals surface area contributed by atoms with E-state index in [2.05, 4.69) is 5.32 Å². The third-order valence-corrected chi connectivity index (χ3v) is 3.09. The third kappa shape index (κ3) is 3.52. The van der Waals surface area contributed by atoms with Crippen LogP contribution in [-0.2, 0) is 11.3 Å². The second-order valence-electron chi connectivity index (χ2n) is 4.95. The number of amides is 1. The summed E-state index contributed by atoms with van der Waals surface area (Å²) in [5, 5.41) is 11.7. The molecule has 4 nitrogen and oxygen atoms in total. The van der Waals surface area contributed by atoms with Crippen molar-refractivity contribution in [3.05, 3.63) is 35.1 Å². The fourth-order valence-corrected chi connectivity index (χ4v) is 1.68. The van der Waals surface area contributed by atoms with Gasteiger partial charge in [-0.2, -0.15) is 5.26 Å². The molecule has 19 heavy (non-hydrogen) atoms. The number of benzene rings is 1. The minimum absolute atomic E-state index is 0.130. The summed E-state index contributed by atoms with van der Waals surface area (Å²) in [7, 11) is 3.31. The van der Waals surface area contributed by atoms with E-state index in [9.17, 15) is 9.18 Å². The smallest absolute Gasteiger partial charge is 0.242 e. The molecule has 0 saturated heterocycles. The molecular weight excluding hydrogens is 245 g/mol. The molecule has 0 aliphatic carbocycles. The number of halogens is 1. The lowest BCUT2D eigenvalue weighted by Gasteiger charge is -2.29. The lowest BCUT2D eigenvalue weighted by Crippen LogP contribution is -2.51. The SMILES string of the molecule is CNC(C)(C)C(=O)N(C)Cc1cc(C#N)ccc1F. The van der Waals surface area contributed by atoms with E-state index in [4.69, 9.17) is 5.26 Å². The molecule has 1 rings (SSSR count). The van der Waals surface area contributed by atoms with Crippen molar-refractivity contribution in [2.75, 3.05) is 14.1 Å². The van der Waals surface area contributed by atoms with Crippen molar-refractivity contribution < 1.29 is 9.18 Å². The number of nitrogens with zero attached hydrogens (tertiary/aromatic N) is 2. The van der Waals surface area contributed by atoms with E-state index in [-0.39, 0.29) is 12.5 Å². The average Bonchev–Trinajstić information content (AvgIpc) is 2.40. The van der Waals surface area contributed by atoms with Crippen molar-refractivity contribution in [3.63, 3.8) is 0 Å². The Balaban J connectivity index is 2.91. The van der Waals surface area contributed by atoms with Crippen molar-refractivity contribution >= 4 is 5.91 Å². The van der Waals surface area contributed by atoms with Gasteiger partial charge in [-0.15, -0.1) is 0 Å². The highest BCUT2D eigenvalue weighted by atomic mass is 19.1. The number of hydrogen-bond donors (Lipinski definition) is 1. The second kappa shape index (κ2) is 5.81. The average molecular weight is 263 g/mol. The molecule has 1 N–H and O–H groups in total.